The molecule has 2 aromatic rings. The maximum Gasteiger partial charge on any atom is 0.228 e. The lowest BCUT2D eigenvalue weighted by molar-refractivity contribution is 0.122. The molecule has 1 aromatic carbocycles. The normalized spacial score (nSPS) is 17.3. The van der Waals surface area contributed by atoms with Crippen LogP contribution in [0.5, 0.6) is 0 Å². The number of morpholine rings is 1. The Morgan fingerprint density at radius 1 is 1.08 bits per heavy atom. The quantitative estimate of drug-likeness (QED) is 0.777. The van der Waals surface area contributed by atoms with Crippen LogP contribution in [0.4, 0.5) is 26.2 Å². The molecule has 0 saturated carbocycles. The number of hydrogen-bond acceptors (Lipinski definition) is 5. The Bertz CT molecular complexity index is 783. The van der Waals surface area contributed by atoms with Crippen molar-refractivity contribution < 1.29 is 13.5 Å². The molecule has 126 valence electrons. The Morgan fingerprint density at radius 2 is 1.88 bits per heavy atom. The van der Waals surface area contributed by atoms with E-state index in [2.05, 4.69) is 9.97 Å². The van der Waals surface area contributed by atoms with Crippen molar-refractivity contribution in [1.29, 1.82) is 0 Å². The van der Waals surface area contributed by atoms with Gasteiger partial charge in [0, 0.05) is 31.3 Å². The molecule has 0 radical (unpaired) electrons. The van der Waals surface area contributed by atoms with E-state index < -0.39 is 11.6 Å². The summed E-state index contributed by atoms with van der Waals surface area (Å²) < 4.78 is 32.7. The average molecular weight is 353 g/mol. The summed E-state index contributed by atoms with van der Waals surface area (Å²) in [6.45, 7) is 3.10. The van der Waals surface area contributed by atoms with Crippen LogP contribution in [0.15, 0.2) is 18.2 Å². The first kappa shape index (κ1) is 15.5. The molecule has 0 bridgehead atoms. The maximum atomic E-state index is 14.2. The second-order valence-electron chi connectivity index (χ2n) is 5.71. The van der Waals surface area contributed by atoms with Crippen LogP contribution in [0, 0.1) is 11.6 Å². The molecular weight excluding hydrogens is 338 g/mol. The molecule has 2 aliphatic rings. The van der Waals surface area contributed by atoms with Gasteiger partial charge in [-0.1, -0.05) is 11.6 Å². The van der Waals surface area contributed by atoms with Crippen LogP contribution < -0.4 is 9.80 Å². The van der Waals surface area contributed by atoms with E-state index in [0.29, 0.717) is 56.2 Å². The lowest BCUT2D eigenvalue weighted by Gasteiger charge is -2.28. The zero-order valence-corrected chi connectivity index (χ0v) is 13.6. The first-order valence-electron chi connectivity index (χ1n) is 7.75. The van der Waals surface area contributed by atoms with E-state index in [-0.39, 0.29) is 5.69 Å². The Morgan fingerprint density at radius 3 is 2.62 bits per heavy atom. The van der Waals surface area contributed by atoms with Gasteiger partial charge in [0.05, 0.1) is 18.9 Å². The largest absolute Gasteiger partial charge is 0.378 e. The predicted molar refractivity (Wildman–Crippen MR) is 87.1 cm³/mol. The van der Waals surface area contributed by atoms with Crippen LogP contribution in [0.25, 0.3) is 0 Å². The van der Waals surface area contributed by atoms with E-state index in [1.807, 2.05) is 4.90 Å². The second kappa shape index (κ2) is 6.14. The molecule has 24 heavy (non-hydrogen) atoms. The third kappa shape index (κ3) is 2.67. The van der Waals surface area contributed by atoms with Crippen molar-refractivity contribution in [2.45, 2.75) is 6.42 Å². The number of nitrogens with zero attached hydrogens (tertiary/aromatic N) is 4. The minimum atomic E-state index is -0.620. The summed E-state index contributed by atoms with van der Waals surface area (Å²) in [4.78, 5) is 12.7. The SMILES string of the molecule is Fc1ccc(N2CCc3c(Cl)nc(N4CCOCC4)nc32)c(F)c1. The molecule has 0 unspecified atom stereocenters. The molecule has 0 spiro atoms. The lowest BCUT2D eigenvalue weighted by atomic mass is 10.2. The predicted octanol–water partition coefficient (Wildman–Crippen LogP) is 2.94. The van der Waals surface area contributed by atoms with Crippen molar-refractivity contribution >= 4 is 29.1 Å². The van der Waals surface area contributed by atoms with Gasteiger partial charge in [-0.3, -0.25) is 0 Å². The minimum Gasteiger partial charge on any atom is -0.378 e. The van der Waals surface area contributed by atoms with E-state index in [4.69, 9.17) is 16.3 Å². The number of benzene rings is 1. The maximum absolute atomic E-state index is 14.2. The summed E-state index contributed by atoms with van der Waals surface area (Å²) in [5.41, 5.74) is 1.08. The molecule has 1 aromatic heterocycles. The second-order valence-corrected chi connectivity index (χ2v) is 6.07. The highest BCUT2D eigenvalue weighted by atomic mass is 35.5. The Balaban J connectivity index is 1.74. The summed E-state index contributed by atoms with van der Waals surface area (Å²) in [6.07, 6.45) is 0.619. The number of fused-ring (bicyclic) bond motifs is 1. The molecule has 1 fully saturated rings. The van der Waals surface area contributed by atoms with E-state index in [0.717, 1.165) is 11.6 Å². The summed E-state index contributed by atoms with van der Waals surface area (Å²) >= 11 is 6.32. The number of hydrogen-bond donors (Lipinski definition) is 0. The molecule has 4 rings (SSSR count). The summed E-state index contributed by atoms with van der Waals surface area (Å²) in [7, 11) is 0. The van der Waals surface area contributed by atoms with Crippen LogP contribution in [-0.2, 0) is 11.2 Å². The highest BCUT2D eigenvalue weighted by Crippen LogP contribution is 2.38. The standard InChI is InChI=1S/C16H15ClF2N4O/c17-14-11-3-4-23(13-2-1-10(18)9-12(13)19)15(11)21-16(20-14)22-5-7-24-8-6-22/h1-2,9H,3-8H2. The van der Waals surface area contributed by atoms with Gasteiger partial charge in [-0.15, -0.1) is 0 Å². The summed E-state index contributed by atoms with van der Waals surface area (Å²) in [5.74, 6) is -0.130. The van der Waals surface area contributed by atoms with E-state index in [9.17, 15) is 8.78 Å². The average Bonchev–Trinajstić information content (AvgIpc) is 3.00. The minimum absolute atomic E-state index is 0.290. The molecule has 3 heterocycles. The molecular formula is C16H15ClF2N4O. The molecule has 1 saturated heterocycles. The number of ether oxygens (including phenoxy) is 1. The highest BCUT2D eigenvalue weighted by molar-refractivity contribution is 6.30. The number of aromatic nitrogens is 2. The van der Waals surface area contributed by atoms with Crippen molar-refractivity contribution in [2.24, 2.45) is 0 Å². The zero-order chi connectivity index (χ0) is 16.7. The number of halogens is 3. The zero-order valence-electron chi connectivity index (χ0n) is 12.8. The number of anilines is 3. The number of rotatable bonds is 2. The van der Waals surface area contributed by atoms with Crippen molar-refractivity contribution in [3.63, 3.8) is 0 Å². The molecule has 0 N–H and O–H groups in total. The molecule has 2 aliphatic heterocycles. The summed E-state index contributed by atoms with van der Waals surface area (Å²) in [5, 5.41) is 0.381. The monoisotopic (exact) mass is 352 g/mol. The van der Waals surface area contributed by atoms with Gasteiger partial charge < -0.3 is 14.5 Å². The highest BCUT2D eigenvalue weighted by Gasteiger charge is 2.29. The van der Waals surface area contributed by atoms with Gasteiger partial charge >= 0.3 is 0 Å². The van der Waals surface area contributed by atoms with Crippen LogP contribution in [0.2, 0.25) is 5.15 Å². The third-order valence-electron chi connectivity index (χ3n) is 4.26. The van der Waals surface area contributed by atoms with Gasteiger partial charge in [-0.05, 0) is 18.6 Å². The van der Waals surface area contributed by atoms with Gasteiger partial charge in [0.15, 0.2) is 0 Å². The first-order valence-corrected chi connectivity index (χ1v) is 8.13. The third-order valence-corrected chi connectivity index (χ3v) is 4.57. The van der Waals surface area contributed by atoms with Crippen LogP contribution >= 0.6 is 11.6 Å². The molecule has 0 atom stereocenters. The first-order chi connectivity index (χ1) is 11.6. The van der Waals surface area contributed by atoms with Gasteiger partial charge in [-0.25, -0.2) is 13.8 Å². The van der Waals surface area contributed by atoms with Gasteiger partial charge in [-0.2, -0.15) is 4.98 Å². The van der Waals surface area contributed by atoms with Crippen molar-refractivity contribution in [3.8, 4) is 0 Å². The van der Waals surface area contributed by atoms with Gasteiger partial charge in [0.2, 0.25) is 5.95 Å². The fourth-order valence-corrected chi connectivity index (χ4v) is 3.30. The van der Waals surface area contributed by atoms with Crippen LogP contribution in [0.3, 0.4) is 0 Å². The Labute approximate surface area is 142 Å². The smallest absolute Gasteiger partial charge is 0.228 e. The van der Waals surface area contributed by atoms with Crippen LogP contribution in [-0.4, -0.2) is 42.8 Å². The molecule has 8 heteroatoms. The lowest BCUT2D eigenvalue weighted by Crippen LogP contribution is -2.37. The van der Waals surface area contributed by atoms with Gasteiger partial charge in [0.1, 0.15) is 22.6 Å². The summed E-state index contributed by atoms with van der Waals surface area (Å²) in [6, 6.07) is 3.53. The van der Waals surface area contributed by atoms with E-state index >= 15 is 0 Å². The Hall–Kier alpha value is -1.99. The molecule has 5 nitrogen and oxygen atoms in total. The van der Waals surface area contributed by atoms with Gasteiger partial charge in [0.25, 0.3) is 0 Å². The fraction of sp³-hybridized carbons (Fsp3) is 0.375. The van der Waals surface area contributed by atoms with Crippen molar-refractivity contribution in [1.82, 2.24) is 9.97 Å². The van der Waals surface area contributed by atoms with Crippen molar-refractivity contribution in [3.05, 3.63) is 40.6 Å². The molecule has 0 aliphatic carbocycles. The van der Waals surface area contributed by atoms with E-state index in [1.165, 1.54) is 12.1 Å². The Kier molecular flexibility index (Phi) is 3.97. The fourth-order valence-electron chi connectivity index (χ4n) is 3.04. The topological polar surface area (TPSA) is 41.5 Å². The van der Waals surface area contributed by atoms with Crippen molar-refractivity contribution in [2.75, 3.05) is 42.6 Å². The van der Waals surface area contributed by atoms with Crippen LogP contribution in [0.1, 0.15) is 5.56 Å². The molecule has 0 amide bonds. The van der Waals surface area contributed by atoms with E-state index in [1.54, 1.807) is 4.90 Å².